The quantitative estimate of drug-likeness (QED) is 0.756. The Labute approximate surface area is 127 Å². The highest BCUT2D eigenvalue weighted by Crippen LogP contribution is 2.22. The summed E-state index contributed by atoms with van der Waals surface area (Å²) in [4.78, 5) is 14.3. The van der Waals surface area contributed by atoms with Crippen LogP contribution in [0.1, 0.15) is 23.1 Å². The maximum absolute atomic E-state index is 12.0. The summed E-state index contributed by atoms with van der Waals surface area (Å²) in [6, 6.07) is 0. The van der Waals surface area contributed by atoms with Gasteiger partial charge in [0, 0.05) is 19.6 Å². The minimum absolute atomic E-state index is 0.332. The number of esters is 1. The molecular weight excluding hydrogens is 326 g/mol. The Hall–Kier alpha value is -0.920. The van der Waals surface area contributed by atoms with Crippen LogP contribution in [0, 0.1) is 6.92 Å². The van der Waals surface area contributed by atoms with Gasteiger partial charge in [0.25, 0.3) is 0 Å². The van der Waals surface area contributed by atoms with Crippen LogP contribution in [0.5, 0.6) is 0 Å². The summed E-state index contributed by atoms with van der Waals surface area (Å²) < 4.78 is 12.9. The summed E-state index contributed by atoms with van der Waals surface area (Å²) in [6.07, 6.45) is 0. The van der Waals surface area contributed by atoms with E-state index in [0.29, 0.717) is 18.8 Å². The van der Waals surface area contributed by atoms with Gasteiger partial charge in [-0.05, 0) is 29.8 Å². The number of morpholine rings is 1. The first-order valence-corrected chi connectivity index (χ1v) is 7.63. The molecule has 6 nitrogen and oxygen atoms in total. The van der Waals surface area contributed by atoms with E-state index in [9.17, 15) is 4.79 Å². The topological polar surface area (TPSA) is 56.6 Å². The van der Waals surface area contributed by atoms with E-state index >= 15 is 0 Å². The molecule has 1 saturated heterocycles. The molecule has 0 spiro atoms. The van der Waals surface area contributed by atoms with Crippen molar-refractivity contribution in [1.82, 2.24) is 14.7 Å². The number of carbonyl (C=O) groups is 1. The number of aryl methyl sites for hydroxylation is 1. The number of nitrogens with zero attached hydrogens (tertiary/aromatic N) is 3. The van der Waals surface area contributed by atoms with Crippen LogP contribution in [0.15, 0.2) is 4.47 Å². The molecule has 0 radical (unpaired) electrons. The third-order valence-electron chi connectivity index (χ3n) is 3.25. The summed E-state index contributed by atoms with van der Waals surface area (Å²) in [5.41, 5.74) is 1.30. The average Bonchev–Trinajstić information content (AvgIpc) is 2.73. The van der Waals surface area contributed by atoms with Crippen molar-refractivity contribution >= 4 is 21.9 Å². The summed E-state index contributed by atoms with van der Waals surface area (Å²) in [5.74, 6) is -0.332. The number of aromatic nitrogens is 2. The van der Waals surface area contributed by atoms with Gasteiger partial charge in [-0.1, -0.05) is 0 Å². The van der Waals surface area contributed by atoms with E-state index in [0.717, 1.165) is 43.0 Å². The molecule has 2 heterocycles. The first-order valence-electron chi connectivity index (χ1n) is 6.83. The first-order chi connectivity index (χ1) is 9.63. The van der Waals surface area contributed by atoms with Gasteiger partial charge in [0.1, 0.15) is 0 Å². The summed E-state index contributed by atoms with van der Waals surface area (Å²) in [5, 5.41) is 4.41. The van der Waals surface area contributed by atoms with Gasteiger partial charge in [-0.25, -0.2) is 4.79 Å². The molecule has 0 amide bonds. The lowest BCUT2D eigenvalue weighted by atomic mass is 10.3. The van der Waals surface area contributed by atoms with Crippen LogP contribution in [0.2, 0.25) is 0 Å². The molecule has 0 saturated carbocycles. The molecule has 0 aliphatic carbocycles. The van der Waals surface area contributed by atoms with Crippen molar-refractivity contribution in [2.24, 2.45) is 0 Å². The molecule has 7 heteroatoms. The Balaban J connectivity index is 2.06. The number of hydrogen-bond donors (Lipinski definition) is 0. The second-order valence-corrected chi connectivity index (χ2v) is 5.44. The second-order valence-electron chi connectivity index (χ2n) is 4.65. The van der Waals surface area contributed by atoms with Gasteiger partial charge < -0.3 is 9.47 Å². The van der Waals surface area contributed by atoms with E-state index in [2.05, 4.69) is 25.9 Å². The zero-order valence-corrected chi connectivity index (χ0v) is 13.5. The van der Waals surface area contributed by atoms with E-state index in [-0.39, 0.29) is 5.97 Å². The third kappa shape index (κ3) is 3.59. The summed E-state index contributed by atoms with van der Waals surface area (Å²) >= 11 is 3.42. The van der Waals surface area contributed by atoms with Crippen molar-refractivity contribution in [2.45, 2.75) is 20.4 Å². The van der Waals surface area contributed by atoms with Crippen molar-refractivity contribution in [1.29, 1.82) is 0 Å². The molecule has 0 aromatic carbocycles. The van der Waals surface area contributed by atoms with Crippen LogP contribution in [-0.4, -0.2) is 60.1 Å². The lowest BCUT2D eigenvalue weighted by Crippen LogP contribution is -2.38. The fourth-order valence-electron chi connectivity index (χ4n) is 2.18. The Kier molecular flexibility index (Phi) is 5.56. The van der Waals surface area contributed by atoms with E-state index < -0.39 is 0 Å². The number of carbonyl (C=O) groups excluding carboxylic acids is 1. The highest BCUT2D eigenvalue weighted by molar-refractivity contribution is 9.10. The minimum atomic E-state index is -0.332. The smallest absolute Gasteiger partial charge is 0.357 e. The molecule has 1 aromatic rings. The maximum Gasteiger partial charge on any atom is 0.357 e. The zero-order valence-electron chi connectivity index (χ0n) is 11.9. The van der Waals surface area contributed by atoms with Crippen molar-refractivity contribution in [3.8, 4) is 0 Å². The normalized spacial score (nSPS) is 16.4. The van der Waals surface area contributed by atoms with Gasteiger partial charge in [-0.3, -0.25) is 9.58 Å². The minimum Gasteiger partial charge on any atom is -0.461 e. The molecule has 1 aliphatic rings. The fourth-order valence-corrected chi connectivity index (χ4v) is 2.62. The number of halogens is 1. The standard InChI is InChI=1S/C13H20BrN3O3/c1-3-20-13(18)12-11(14)10(2)15-17(12)5-4-16-6-8-19-9-7-16/h3-9H2,1-2H3. The molecule has 20 heavy (non-hydrogen) atoms. The summed E-state index contributed by atoms with van der Waals surface area (Å²) in [6.45, 7) is 8.94. The lowest BCUT2D eigenvalue weighted by molar-refractivity contribution is 0.0352. The van der Waals surface area contributed by atoms with E-state index in [1.807, 2.05) is 6.92 Å². The Bertz CT molecular complexity index is 470. The van der Waals surface area contributed by atoms with Crippen molar-refractivity contribution in [3.63, 3.8) is 0 Å². The van der Waals surface area contributed by atoms with Gasteiger partial charge in [0.2, 0.25) is 0 Å². The van der Waals surface area contributed by atoms with Crippen LogP contribution in [0.4, 0.5) is 0 Å². The van der Waals surface area contributed by atoms with E-state index in [1.54, 1.807) is 11.6 Å². The van der Waals surface area contributed by atoms with E-state index in [4.69, 9.17) is 9.47 Å². The zero-order chi connectivity index (χ0) is 14.5. The van der Waals surface area contributed by atoms with Crippen LogP contribution in [-0.2, 0) is 16.0 Å². The molecule has 0 N–H and O–H groups in total. The number of hydrogen-bond acceptors (Lipinski definition) is 5. The molecule has 112 valence electrons. The first kappa shape index (κ1) is 15.5. The molecule has 0 bridgehead atoms. The largest absolute Gasteiger partial charge is 0.461 e. The van der Waals surface area contributed by atoms with Crippen LogP contribution < -0.4 is 0 Å². The van der Waals surface area contributed by atoms with Gasteiger partial charge in [-0.2, -0.15) is 5.10 Å². The van der Waals surface area contributed by atoms with Gasteiger partial charge in [-0.15, -0.1) is 0 Å². The Morgan fingerprint density at radius 2 is 2.10 bits per heavy atom. The monoisotopic (exact) mass is 345 g/mol. The van der Waals surface area contributed by atoms with Gasteiger partial charge in [0.05, 0.1) is 36.5 Å². The molecule has 0 atom stereocenters. The maximum atomic E-state index is 12.0. The van der Waals surface area contributed by atoms with Gasteiger partial charge >= 0.3 is 5.97 Å². The highest BCUT2D eigenvalue weighted by atomic mass is 79.9. The predicted molar refractivity (Wildman–Crippen MR) is 77.9 cm³/mol. The van der Waals surface area contributed by atoms with Crippen LogP contribution in [0.25, 0.3) is 0 Å². The SMILES string of the molecule is CCOC(=O)c1c(Br)c(C)nn1CCN1CCOCC1. The number of ether oxygens (including phenoxy) is 2. The second kappa shape index (κ2) is 7.19. The average molecular weight is 346 g/mol. The third-order valence-corrected chi connectivity index (χ3v) is 4.20. The molecule has 0 unspecified atom stereocenters. The van der Waals surface area contributed by atoms with Crippen molar-refractivity contribution < 1.29 is 14.3 Å². The molecule has 2 rings (SSSR count). The lowest BCUT2D eigenvalue weighted by Gasteiger charge is -2.26. The Morgan fingerprint density at radius 3 is 2.75 bits per heavy atom. The Morgan fingerprint density at radius 1 is 1.40 bits per heavy atom. The molecular formula is C13H20BrN3O3. The van der Waals surface area contributed by atoms with Gasteiger partial charge in [0.15, 0.2) is 5.69 Å². The van der Waals surface area contributed by atoms with Crippen LogP contribution >= 0.6 is 15.9 Å². The van der Waals surface area contributed by atoms with E-state index in [1.165, 1.54) is 0 Å². The summed E-state index contributed by atoms with van der Waals surface area (Å²) in [7, 11) is 0. The predicted octanol–water partition coefficient (Wildman–Crippen LogP) is 1.46. The highest BCUT2D eigenvalue weighted by Gasteiger charge is 2.21. The van der Waals surface area contributed by atoms with Crippen molar-refractivity contribution in [2.75, 3.05) is 39.5 Å². The molecule has 1 fully saturated rings. The fraction of sp³-hybridized carbons (Fsp3) is 0.692. The molecule has 1 aliphatic heterocycles. The number of rotatable bonds is 5. The van der Waals surface area contributed by atoms with Crippen molar-refractivity contribution in [3.05, 3.63) is 15.9 Å². The molecule has 1 aromatic heterocycles. The van der Waals surface area contributed by atoms with Crippen LogP contribution in [0.3, 0.4) is 0 Å².